The van der Waals surface area contributed by atoms with Gasteiger partial charge >= 0.3 is 6.09 Å². The van der Waals surface area contributed by atoms with E-state index in [0.29, 0.717) is 32.4 Å². The number of alkyl carbamates (subject to hydrolysis) is 1. The number of nitrogens with zero attached hydrogens (tertiary/aromatic N) is 1. The summed E-state index contributed by atoms with van der Waals surface area (Å²) in [5.41, 5.74) is 1.77. The Morgan fingerprint density at radius 2 is 1.86 bits per heavy atom. The standard InChI is InChI=1S/C22H33N3O4/c1-16-6-5-7-17(14-16)8-9-19(26)24-18-10-12-25(13-11-18)20(27)15-23-21(28)29-22(2,3)4/h5-7,14,18H,8-13,15H2,1-4H3,(H,23,28)(H,24,26). The lowest BCUT2D eigenvalue weighted by Crippen LogP contribution is -2.49. The fourth-order valence-corrected chi connectivity index (χ4v) is 3.27. The summed E-state index contributed by atoms with van der Waals surface area (Å²) >= 11 is 0. The molecule has 0 radical (unpaired) electrons. The Morgan fingerprint density at radius 1 is 1.17 bits per heavy atom. The van der Waals surface area contributed by atoms with Gasteiger partial charge in [-0.15, -0.1) is 0 Å². The van der Waals surface area contributed by atoms with Gasteiger partial charge in [-0.3, -0.25) is 9.59 Å². The minimum absolute atomic E-state index is 0.0443. The molecule has 3 amide bonds. The number of hydrogen-bond acceptors (Lipinski definition) is 4. The number of hydrogen-bond donors (Lipinski definition) is 2. The van der Waals surface area contributed by atoms with Crippen LogP contribution in [0.25, 0.3) is 0 Å². The molecule has 29 heavy (non-hydrogen) atoms. The number of rotatable bonds is 6. The lowest BCUT2D eigenvalue weighted by Gasteiger charge is -2.32. The highest BCUT2D eigenvalue weighted by atomic mass is 16.6. The van der Waals surface area contributed by atoms with Crippen molar-refractivity contribution >= 4 is 17.9 Å². The number of carbonyl (C=O) groups is 3. The summed E-state index contributed by atoms with van der Waals surface area (Å²) < 4.78 is 5.13. The summed E-state index contributed by atoms with van der Waals surface area (Å²) in [7, 11) is 0. The van der Waals surface area contributed by atoms with E-state index in [1.807, 2.05) is 25.1 Å². The maximum atomic E-state index is 12.3. The predicted octanol–water partition coefficient (Wildman–Crippen LogP) is 2.56. The predicted molar refractivity (Wildman–Crippen MR) is 111 cm³/mol. The lowest BCUT2D eigenvalue weighted by atomic mass is 10.0. The van der Waals surface area contributed by atoms with Crippen LogP contribution in [0.5, 0.6) is 0 Å². The Labute approximate surface area is 173 Å². The first-order valence-corrected chi connectivity index (χ1v) is 10.2. The fraction of sp³-hybridized carbons (Fsp3) is 0.591. The van der Waals surface area contributed by atoms with Crippen LogP contribution in [0.2, 0.25) is 0 Å². The normalized spacial score (nSPS) is 15.0. The van der Waals surface area contributed by atoms with Crippen molar-refractivity contribution in [3.63, 3.8) is 0 Å². The highest BCUT2D eigenvalue weighted by molar-refractivity contribution is 5.82. The Kier molecular flexibility index (Phi) is 8.05. The van der Waals surface area contributed by atoms with E-state index in [9.17, 15) is 14.4 Å². The average Bonchev–Trinajstić information content (AvgIpc) is 2.64. The van der Waals surface area contributed by atoms with E-state index in [-0.39, 0.29) is 24.4 Å². The number of carbonyl (C=O) groups excluding carboxylic acids is 3. The summed E-state index contributed by atoms with van der Waals surface area (Å²) in [6.07, 6.45) is 2.02. The first-order chi connectivity index (χ1) is 13.6. The highest BCUT2D eigenvalue weighted by Crippen LogP contribution is 2.12. The fourth-order valence-electron chi connectivity index (χ4n) is 3.27. The van der Waals surface area contributed by atoms with Crippen LogP contribution in [0.15, 0.2) is 24.3 Å². The van der Waals surface area contributed by atoms with Crippen LogP contribution in [0.3, 0.4) is 0 Å². The molecule has 0 aromatic heterocycles. The van der Waals surface area contributed by atoms with Crippen LogP contribution in [-0.2, 0) is 20.7 Å². The van der Waals surface area contributed by atoms with E-state index in [1.54, 1.807) is 25.7 Å². The maximum Gasteiger partial charge on any atom is 0.408 e. The molecule has 160 valence electrons. The van der Waals surface area contributed by atoms with Gasteiger partial charge in [-0.2, -0.15) is 0 Å². The van der Waals surface area contributed by atoms with Gasteiger partial charge in [-0.05, 0) is 52.5 Å². The van der Waals surface area contributed by atoms with Crippen molar-refractivity contribution in [1.29, 1.82) is 0 Å². The SMILES string of the molecule is Cc1cccc(CCC(=O)NC2CCN(C(=O)CNC(=O)OC(C)(C)C)CC2)c1. The zero-order valence-corrected chi connectivity index (χ0v) is 17.9. The Balaban J connectivity index is 1.65. The molecule has 1 heterocycles. The Morgan fingerprint density at radius 3 is 2.48 bits per heavy atom. The van der Waals surface area contributed by atoms with Gasteiger partial charge in [-0.1, -0.05) is 29.8 Å². The van der Waals surface area contributed by atoms with Crippen LogP contribution < -0.4 is 10.6 Å². The number of likely N-dealkylation sites (tertiary alicyclic amines) is 1. The second kappa shape index (κ2) is 10.3. The molecule has 0 spiro atoms. The van der Waals surface area contributed by atoms with E-state index in [4.69, 9.17) is 4.74 Å². The molecule has 0 aliphatic carbocycles. The van der Waals surface area contributed by atoms with Gasteiger partial charge < -0.3 is 20.3 Å². The van der Waals surface area contributed by atoms with Gasteiger partial charge in [0.2, 0.25) is 11.8 Å². The zero-order chi connectivity index (χ0) is 21.4. The number of aryl methyl sites for hydroxylation is 2. The second-order valence-corrected chi connectivity index (χ2v) is 8.57. The molecular formula is C22H33N3O4. The third-order valence-electron chi connectivity index (χ3n) is 4.72. The number of nitrogens with one attached hydrogen (secondary N) is 2. The van der Waals surface area contributed by atoms with Crippen molar-refractivity contribution in [1.82, 2.24) is 15.5 Å². The smallest absolute Gasteiger partial charge is 0.408 e. The molecule has 1 aliphatic rings. The number of amides is 3. The van der Waals surface area contributed by atoms with Gasteiger partial charge in [0.25, 0.3) is 0 Å². The van der Waals surface area contributed by atoms with Crippen molar-refractivity contribution in [2.24, 2.45) is 0 Å². The van der Waals surface area contributed by atoms with E-state index >= 15 is 0 Å². The molecule has 0 bridgehead atoms. The first kappa shape index (κ1) is 22.7. The molecular weight excluding hydrogens is 370 g/mol. The van der Waals surface area contributed by atoms with Gasteiger partial charge in [-0.25, -0.2) is 4.79 Å². The minimum atomic E-state index is -0.596. The molecule has 2 N–H and O–H groups in total. The Bertz CT molecular complexity index is 719. The first-order valence-electron chi connectivity index (χ1n) is 10.2. The van der Waals surface area contributed by atoms with Crippen molar-refractivity contribution in [3.05, 3.63) is 35.4 Å². The van der Waals surface area contributed by atoms with E-state index in [2.05, 4.69) is 16.7 Å². The maximum absolute atomic E-state index is 12.3. The zero-order valence-electron chi connectivity index (χ0n) is 17.9. The Hall–Kier alpha value is -2.57. The monoisotopic (exact) mass is 403 g/mol. The van der Waals surface area contributed by atoms with Gasteiger partial charge in [0.05, 0.1) is 0 Å². The summed E-state index contributed by atoms with van der Waals surface area (Å²) in [6, 6.07) is 8.27. The minimum Gasteiger partial charge on any atom is -0.444 e. The quantitative estimate of drug-likeness (QED) is 0.764. The van der Waals surface area contributed by atoms with Crippen molar-refractivity contribution in [2.75, 3.05) is 19.6 Å². The van der Waals surface area contributed by atoms with Crippen molar-refractivity contribution in [3.8, 4) is 0 Å². The lowest BCUT2D eigenvalue weighted by molar-refractivity contribution is -0.131. The van der Waals surface area contributed by atoms with Crippen molar-refractivity contribution < 1.29 is 19.1 Å². The summed E-state index contributed by atoms with van der Waals surface area (Å²) in [5, 5.41) is 5.57. The van der Waals surface area contributed by atoms with Crippen LogP contribution in [-0.4, -0.2) is 54.1 Å². The van der Waals surface area contributed by atoms with E-state index in [0.717, 1.165) is 12.0 Å². The molecule has 1 saturated heterocycles. The molecule has 7 nitrogen and oxygen atoms in total. The largest absolute Gasteiger partial charge is 0.444 e. The molecule has 1 fully saturated rings. The number of benzene rings is 1. The van der Waals surface area contributed by atoms with Crippen LogP contribution in [0.1, 0.15) is 51.2 Å². The second-order valence-electron chi connectivity index (χ2n) is 8.57. The van der Waals surface area contributed by atoms with E-state index in [1.165, 1.54) is 5.56 Å². The summed E-state index contributed by atoms with van der Waals surface area (Å²) in [6.45, 7) is 8.41. The van der Waals surface area contributed by atoms with Crippen molar-refractivity contribution in [2.45, 2.75) is 65.0 Å². The van der Waals surface area contributed by atoms with E-state index < -0.39 is 11.7 Å². The number of piperidine rings is 1. The number of ether oxygens (including phenoxy) is 1. The van der Waals surface area contributed by atoms with Crippen LogP contribution in [0, 0.1) is 6.92 Å². The molecule has 0 atom stereocenters. The summed E-state index contributed by atoms with van der Waals surface area (Å²) in [5.74, 6) is -0.0945. The van der Waals surface area contributed by atoms with Crippen LogP contribution in [0.4, 0.5) is 4.79 Å². The molecule has 7 heteroatoms. The molecule has 1 aromatic carbocycles. The topological polar surface area (TPSA) is 87.7 Å². The van der Waals surface area contributed by atoms with Gasteiger partial charge in [0.15, 0.2) is 0 Å². The summed E-state index contributed by atoms with van der Waals surface area (Å²) in [4.78, 5) is 37.8. The van der Waals surface area contributed by atoms with Gasteiger partial charge in [0.1, 0.15) is 12.1 Å². The molecule has 0 saturated carbocycles. The van der Waals surface area contributed by atoms with Gasteiger partial charge in [0, 0.05) is 25.6 Å². The average molecular weight is 404 g/mol. The molecule has 2 rings (SSSR count). The third-order valence-corrected chi connectivity index (χ3v) is 4.72. The third kappa shape index (κ3) is 8.54. The molecule has 1 aliphatic heterocycles. The van der Waals surface area contributed by atoms with Crippen LogP contribution >= 0.6 is 0 Å². The highest BCUT2D eigenvalue weighted by Gasteiger charge is 2.24. The molecule has 1 aromatic rings. The molecule has 0 unspecified atom stereocenters.